The maximum absolute atomic E-state index is 12.2. The predicted octanol–water partition coefficient (Wildman–Crippen LogP) is 1.38. The lowest BCUT2D eigenvalue weighted by atomic mass is 10.2. The Morgan fingerprint density at radius 3 is 2.53 bits per heavy atom. The fourth-order valence-corrected chi connectivity index (χ4v) is 4.54. The summed E-state index contributed by atoms with van der Waals surface area (Å²) in [6.45, 7) is 4.67. The third kappa shape index (κ3) is 6.87. The minimum atomic E-state index is -3.86. The highest BCUT2D eigenvalue weighted by molar-refractivity contribution is 7.89. The van der Waals surface area contributed by atoms with Gasteiger partial charge < -0.3 is 19.4 Å². The van der Waals surface area contributed by atoms with Crippen molar-refractivity contribution in [3.8, 4) is 0 Å². The van der Waals surface area contributed by atoms with Crippen LogP contribution in [0.5, 0.6) is 0 Å². The molecule has 0 bridgehead atoms. The summed E-state index contributed by atoms with van der Waals surface area (Å²) in [5, 5.41) is 2.72. The minimum absolute atomic E-state index is 0.148. The van der Waals surface area contributed by atoms with Crippen molar-refractivity contribution < 1.29 is 32.3 Å². The Morgan fingerprint density at radius 1 is 1.22 bits per heavy atom. The van der Waals surface area contributed by atoms with Gasteiger partial charge in [0.15, 0.2) is 11.6 Å². The number of ether oxygens (including phenoxy) is 2. The van der Waals surface area contributed by atoms with Crippen molar-refractivity contribution in [2.75, 3.05) is 25.1 Å². The zero-order valence-electron chi connectivity index (χ0n) is 18.3. The molecule has 11 nitrogen and oxygen atoms in total. The molecule has 2 N–H and O–H groups in total. The molecule has 13 heteroatoms. The highest BCUT2D eigenvalue weighted by Gasteiger charge is 2.20. The molecule has 176 valence electrons. The number of carbonyl (C=O) groups excluding carboxylic acids is 3. The number of thiophene rings is 1. The number of carbonyl (C=O) groups is 3. The maximum Gasteiger partial charge on any atom is 0.341 e. The van der Waals surface area contributed by atoms with E-state index < -0.39 is 34.5 Å². The van der Waals surface area contributed by atoms with E-state index in [4.69, 9.17) is 9.47 Å². The zero-order valence-corrected chi connectivity index (χ0v) is 19.9. The van der Waals surface area contributed by atoms with Gasteiger partial charge in [0.1, 0.15) is 10.8 Å². The van der Waals surface area contributed by atoms with Crippen LogP contribution in [0.1, 0.15) is 41.3 Å². The number of nitrogens with zero attached hydrogens (tertiary/aromatic N) is 2. The number of nitrogens with one attached hydrogen (secondary N) is 2. The van der Waals surface area contributed by atoms with E-state index in [-0.39, 0.29) is 30.2 Å². The molecule has 0 radical (unpaired) electrons. The van der Waals surface area contributed by atoms with Crippen LogP contribution in [-0.4, -0.2) is 55.6 Å². The average Bonchev–Trinajstić information content (AvgIpc) is 3.30. The molecule has 1 amide bonds. The molecule has 0 atom stereocenters. The summed E-state index contributed by atoms with van der Waals surface area (Å²) in [7, 11) is -2.19. The van der Waals surface area contributed by atoms with Gasteiger partial charge in [0.05, 0.1) is 18.6 Å². The molecule has 2 rings (SSSR count). The number of sulfonamides is 1. The van der Waals surface area contributed by atoms with Gasteiger partial charge in [-0.25, -0.2) is 22.9 Å². The highest BCUT2D eigenvalue weighted by Crippen LogP contribution is 2.29. The van der Waals surface area contributed by atoms with Crippen molar-refractivity contribution in [3.63, 3.8) is 0 Å². The van der Waals surface area contributed by atoms with Crippen LogP contribution < -0.4 is 10.0 Å². The van der Waals surface area contributed by atoms with Crippen LogP contribution in [-0.2, 0) is 42.6 Å². The van der Waals surface area contributed by atoms with Crippen molar-refractivity contribution in [1.29, 1.82) is 0 Å². The molecule has 0 aromatic carbocycles. The quantitative estimate of drug-likeness (QED) is 0.453. The molecule has 0 saturated carbocycles. The van der Waals surface area contributed by atoms with Gasteiger partial charge >= 0.3 is 11.9 Å². The molecular weight excluding hydrogens is 460 g/mol. The number of esters is 2. The third-order valence-corrected chi connectivity index (χ3v) is 6.75. The first-order chi connectivity index (χ1) is 15.1. The van der Waals surface area contributed by atoms with Crippen molar-refractivity contribution in [2.45, 2.75) is 38.6 Å². The Kier molecular flexibility index (Phi) is 8.92. The van der Waals surface area contributed by atoms with Gasteiger partial charge in [-0.15, -0.1) is 11.3 Å². The van der Waals surface area contributed by atoms with E-state index in [0.29, 0.717) is 17.2 Å². The molecule has 0 fully saturated rings. The summed E-state index contributed by atoms with van der Waals surface area (Å²) in [4.78, 5) is 40.9. The molecule has 2 aromatic rings. The second kappa shape index (κ2) is 11.2. The number of aryl methyl sites for hydroxylation is 3. The maximum atomic E-state index is 12.2. The lowest BCUT2D eigenvalue weighted by Crippen LogP contribution is -2.28. The Balaban J connectivity index is 1.83. The van der Waals surface area contributed by atoms with Crippen LogP contribution in [0.2, 0.25) is 0 Å². The van der Waals surface area contributed by atoms with Gasteiger partial charge in [-0.05, 0) is 26.3 Å². The van der Waals surface area contributed by atoms with Crippen LogP contribution in [0.25, 0.3) is 0 Å². The number of anilines is 1. The molecule has 0 unspecified atom stereocenters. The molecule has 2 heterocycles. The number of amides is 1. The predicted molar refractivity (Wildman–Crippen MR) is 117 cm³/mol. The van der Waals surface area contributed by atoms with Crippen LogP contribution in [0.15, 0.2) is 17.3 Å². The lowest BCUT2D eigenvalue weighted by molar-refractivity contribution is -0.147. The molecular formula is C19H26N4O7S2. The van der Waals surface area contributed by atoms with Gasteiger partial charge in [-0.2, -0.15) is 0 Å². The fraction of sp³-hybridized carbons (Fsp3) is 0.474. The molecule has 32 heavy (non-hydrogen) atoms. The third-order valence-electron chi connectivity index (χ3n) is 4.23. The van der Waals surface area contributed by atoms with Gasteiger partial charge in [-0.3, -0.25) is 9.59 Å². The normalized spacial score (nSPS) is 11.2. The van der Waals surface area contributed by atoms with E-state index >= 15 is 0 Å². The lowest BCUT2D eigenvalue weighted by Gasteiger charge is -2.07. The second-order valence-corrected chi connectivity index (χ2v) is 9.47. The summed E-state index contributed by atoms with van der Waals surface area (Å²) >= 11 is 1.24. The Bertz CT molecular complexity index is 1070. The van der Waals surface area contributed by atoms with E-state index in [1.807, 2.05) is 6.92 Å². The summed E-state index contributed by atoms with van der Waals surface area (Å²) in [6, 6.07) is 1.65. The van der Waals surface area contributed by atoms with E-state index in [0.717, 1.165) is 4.88 Å². The van der Waals surface area contributed by atoms with Crippen LogP contribution >= 0.6 is 11.3 Å². The SMILES string of the molecule is CCOC(=O)c1cc(CC)sc1NC(=O)COC(=O)CCNS(=O)(=O)c1cn(C)c(C)n1. The molecule has 0 aliphatic heterocycles. The van der Waals surface area contributed by atoms with Crippen molar-refractivity contribution in [3.05, 3.63) is 28.5 Å². The largest absolute Gasteiger partial charge is 0.462 e. The van der Waals surface area contributed by atoms with Gasteiger partial charge in [0, 0.05) is 24.7 Å². The summed E-state index contributed by atoms with van der Waals surface area (Å²) in [6.07, 6.45) is 1.76. The zero-order chi connectivity index (χ0) is 23.9. The van der Waals surface area contributed by atoms with Crippen molar-refractivity contribution >= 4 is 44.2 Å². The number of aromatic nitrogens is 2. The Hall–Kier alpha value is -2.77. The molecule has 2 aromatic heterocycles. The monoisotopic (exact) mass is 486 g/mol. The van der Waals surface area contributed by atoms with E-state index in [1.54, 1.807) is 31.5 Å². The van der Waals surface area contributed by atoms with Gasteiger partial charge in [-0.1, -0.05) is 6.92 Å². The number of imidazole rings is 1. The Morgan fingerprint density at radius 2 is 1.94 bits per heavy atom. The summed E-state index contributed by atoms with van der Waals surface area (Å²) < 4.78 is 38.0. The number of hydrogen-bond acceptors (Lipinski definition) is 9. The summed E-state index contributed by atoms with van der Waals surface area (Å²) in [5.74, 6) is -1.41. The minimum Gasteiger partial charge on any atom is -0.462 e. The smallest absolute Gasteiger partial charge is 0.341 e. The van der Waals surface area contributed by atoms with Crippen LogP contribution in [0.4, 0.5) is 5.00 Å². The van der Waals surface area contributed by atoms with Gasteiger partial charge in [0.25, 0.3) is 15.9 Å². The first-order valence-electron chi connectivity index (χ1n) is 9.82. The fourth-order valence-electron chi connectivity index (χ4n) is 2.47. The van der Waals surface area contributed by atoms with Crippen molar-refractivity contribution in [1.82, 2.24) is 14.3 Å². The summed E-state index contributed by atoms with van der Waals surface area (Å²) in [5.41, 5.74) is 0.243. The second-order valence-electron chi connectivity index (χ2n) is 6.62. The van der Waals surface area contributed by atoms with E-state index in [9.17, 15) is 22.8 Å². The standard InChI is InChI=1S/C19H26N4O7S2/c1-5-13-9-14(19(26)29-6-2)18(31-13)22-15(24)11-30-17(25)7-8-20-32(27,28)16-10-23(4)12(3)21-16/h9-10,20H,5-8,11H2,1-4H3,(H,22,24). The first-order valence-corrected chi connectivity index (χ1v) is 12.1. The molecule has 0 spiro atoms. The Labute approximate surface area is 190 Å². The highest BCUT2D eigenvalue weighted by atomic mass is 32.2. The average molecular weight is 487 g/mol. The topological polar surface area (TPSA) is 146 Å². The molecule has 0 saturated heterocycles. The molecule has 0 aliphatic rings. The van der Waals surface area contributed by atoms with Gasteiger partial charge in [0.2, 0.25) is 0 Å². The van der Waals surface area contributed by atoms with Crippen LogP contribution in [0, 0.1) is 6.92 Å². The molecule has 0 aliphatic carbocycles. The number of rotatable bonds is 11. The number of hydrogen-bond donors (Lipinski definition) is 2. The van der Waals surface area contributed by atoms with Crippen LogP contribution in [0.3, 0.4) is 0 Å². The van der Waals surface area contributed by atoms with Crippen molar-refractivity contribution in [2.24, 2.45) is 7.05 Å². The first kappa shape index (κ1) is 25.5. The van der Waals surface area contributed by atoms with E-state index in [2.05, 4.69) is 15.0 Å². The van der Waals surface area contributed by atoms with E-state index in [1.165, 1.54) is 17.5 Å².